The van der Waals surface area contributed by atoms with Crippen molar-refractivity contribution in [3.05, 3.63) is 29.6 Å². The number of ether oxygens (including phenoxy) is 2. The summed E-state index contributed by atoms with van der Waals surface area (Å²) >= 11 is 0. The van der Waals surface area contributed by atoms with E-state index in [-0.39, 0.29) is 29.5 Å². The van der Waals surface area contributed by atoms with Crippen LogP contribution in [0.2, 0.25) is 0 Å². The van der Waals surface area contributed by atoms with Gasteiger partial charge in [-0.3, -0.25) is 9.59 Å². The van der Waals surface area contributed by atoms with Gasteiger partial charge in [0.2, 0.25) is 5.91 Å². The standard InChI is InChI=1S/C20H28FNO4/c1-3-26-19(24)13-20(9-5-4-6-10-20)14-22-18(23)12-15-7-8-17(25-2)16(21)11-15/h7-8,11H,3-6,9-10,12-14H2,1-2H3,(H,22,23). The van der Waals surface area contributed by atoms with Crippen LogP contribution in [0, 0.1) is 11.2 Å². The minimum absolute atomic E-state index is 0.0937. The fourth-order valence-electron chi connectivity index (χ4n) is 3.59. The number of nitrogens with one attached hydrogen (secondary N) is 1. The highest BCUT2D eigenvalue weighted by Gasteiger charge is 2.35. The third kappa shape index (κ3) is 5.71. The Bertz CT molecular complexity index is 626. The van der Waals surface area contributed by atoms with E-state index >= 15 is 0 Å². The fraction of sp³-hybridized carbons (Fsp3) is 0.600. The maximum Gasteiger partial charge on any atom is 0.306 e. The van der Waals surface area contributed by atoms with E-state index in [1.54, 1.807) is 13.0 Å². The quantitative estimate of drug-likeness (QED) is 0.717. The predicted molar refractivity (Wildman–Crippen MR) is 96.4 cm³/mol. The zero-order valence-electron chi connectivity index (χ0n) is 15.6. The number of carbonyl (C=O) groups is 2. The Morgan fingerprint density at radius 2 is 1.96 bits per heavy atom. The SMILES string of the molecule is CCOC(=O)CC1(CNC(=O)Cc2ccc(OC)c(F)c2)CCCCC1. The predicted octanol–water partition coefficient (Wildman–Crippen LogP) is 3.40. The summed E-state index contributed by atoms with van der Waals surface area (Å²) in [5.41, 5.74) is 0.356. The van der Waals surface area contributed by atoms with Gasteiger partial charge in [0, 0.05) is 6.54 Å². The van der Waals surface area contributed by atoms with Crippen molar-refractivity contribution in [1.29, 1.82) is 0 Å². The number of amides is 1. The van der Waals surface area contributed by atoms with Crippen molar-refractivity contribution in [1.82, 2.24) is 5.32 Å². The molecule has 1 aliphatic rings. The van der Waals surface area contributed by atoms with Gasteiger partial charge in [-0.05, 0) is 42.9 Å². The second kappa shape index (κ2) is 9.55. The normalized spacial score (nSPS) is 16.0. The van der Waals surface area contributed by atoms with Crippen molar-refractivity contribution in [2.45, 2.75) is 51.9 Å². The van der Waals surface area contributed by atoms with Crippen LogP contribution in [-0.2, 0) is 20.7 Å². The molecule has 1 N–H and O–H groups in total. The highest BCUT2D eigenvalue weighted by atomic mass is 19.1. The first-order valence-electron chi connectivity index (χ1n) is 9.23. The number of benzene rings is 1. The Labute approximate surface area is 154 Å². The topological polar surface area (TPSA) is 64.6 Å². The molecular weight excluding hydrogens is 337 g/mol. The van der Waals surface area contributed by atoms with Gasteiger partial charge in [-0.25, -0.2) is 4.39 Å². The van der Waals surface area contributed by atoms with E-state index < -0.39 is 5.82 Å². The van der Waals surface area contributed by atoms with Crippen LogP contribution >= 0.6 is 0 Å². The van der Waals surface area contributed by atoms with Gasteiger partial charge in [0.1, 0.15) is 0 Å². The van der Waals surface area contributed by atoms with Gasteiger partial charge in [0.25, 0.3) is 0 Å². The lowest BCUT2D eigenvalue weighted by Gasteiger charge is -2.36. The Balaban J connectivity index is 1.93. The van der Waals surface area contributed by atoms with Crippen molar-refractivity contribution in [3.63, 3.8) is 0 Å². The molecule has 0 aliphatic heterocycles. The lowest BCUT2D eigenvalue weighted by Crippen LogP contribution is -2.41. The molecule has 1 fully saturated rings. The Morgan fingerprint density at radius 1 is 1.23 bits per heavy atom. The van der Waals surface area contributed by atoms with E-state index in [2.05, 4.69) is 5.32 Å². The zero-order chi connectivity index (χ0) is 19.0. The number of hydrogen-bond donors (Lipinski definition) is 1. The second-order valence-electron chi connectivity index (χ2n) is 6.96. The molecule has 0 bridgehead atoms. The van der Waals surface area contributed by atoms with E-state index in [0.29, 0.717) is 25.1 Å². The largest absolute Gasteiger partial charge is 0.494 e. The van der Waals surface area contributed by atoms with Crippen LogP contribution in [0.25, 0.3) is 0 Å². The van der Waals surface area contributed by atoms with E-state index in [4.69, 9.17) is 9.47 Å². The van der Waals surface area contributed by atoms with Crippen LogP contribution in [0.4, 0.5) is 4.39 Å². The molecule has 1 aliphatic carbocycles. The van der Waals surface area contributed by atoms with Crippen molar-refractivity contribution in [3.8, 4) is 5.75 Å². The maximum absolute atomic E-state index is 13.7. The molecule has 2 rings (SSSR count). The summed E-state index contributed by atoms with van der Waals surface area (Å²) in [7, 11) is 1.40. The third-order valence-electron chi connectivity index (χ3n) is 4.98. The summed E-state index contributed by atoms with van der Waals surface area (Å²) in [4.78, 5) is 24.3. The molecule has 1 amide bonds. The van der Waals surface area contributed by atoms with Crippen LogP contribution in [0.1, 0.15) is 51.0 Å². The van der Waals surface area contributed by atoms with Crippen molar-refractivity contribution in [2.75, 3.05) is 20.3 Å². The Kier molecular flexibility index (Phi) is 7.42. The van der Waals surface area contributed by atoms with Gasteiger partial charge < -0.3 is 14.8 Å². The minimum Gasteiger partial charge on any atom is -0.494 e. The van der Waals surface area contributed by atoms with E-state index in [0.717, 1.165) is 32.1 Å². The zero-order valence-corrected chi connectivity index (χ0v) is 15.6. The molecule has 6 heteroatoms. The summed E-state index contributed by atoms with van der Waals surface area (Å²) in [6, 6.07) is 4.51. The summed E-state index contributed by atoms with van der Waals surface area (Å²) < 4.78 is 23.7. The van der Waals surface area contributed by atoms with Crippen LogP contribution in [0.5, 0.6) is 5.75 Å². The highest BCUT2D eigenvalue weighted by molar-refractivity contribution is 5.78. The first-order chi connectivity index (χ1) is 12.5. The van der Waals surface area contributed by atoms with Gasteiger partial charge in [-0.15, -0.1) is 0 Å². The molecule has 0 atom stereocenters. The first kappa shape index (κ1) is 20.2. The van der Waals surface area contributed by atoms with Crippen molar-refractivity contribution in [2.24, 2.45) is 5.41 Å². The molecule has 0 spiro atoms. The summed E-state index contributed by atoms with van der Waals surface area (Å²) in [5, 5.41) is 2.94. The average molecular weight is 365 g/mol. The Hall–Kier alpha value is -2.11. The average Bonchev–Trinajstić information content (AvgIpc) is 2.61. The number of carbonyl (C=O) groups excluding carboxylic acids is 2. The monoisotopic (exact) mass is 365 g/mol. The van der Waals surface area contributed by atoms with Gasteiger partial charge >= 0.3 is 5.97 Å². The lowest BCUT2D eigenvalue weighted by atomic mass is 9.71. The van der Waals surface area contributed by atoms with Gasteiger partial charge in [0.05, 0.1) is 26.6 Å². The number of halogens is 1. The van der Waals surface area contributed by atoms with E-state index in [1.807, 2.05) is 0 Å². The number of methoxy groups -OCH3 is 1. The van der Waals surface area contributed by atoms with Gasteiger partial charge in [-0.1, -0.05) is 25.3 Å². The third-order valence-corrected chi connectivity index (χ3v) is 4.98. The molecule has 1 aromatic rings. The molecule has 1 saturated carbocycles. The molecule has 0 heterocycles. The first-order valence-corrected chi connectivity index (χ1v) is 9.23. The number of hydrogen-bond acceptors (Lipinski definition) is 4. The van der Waals surface area contributed by atoms with E-state index in [1.165, 1.54) is 19.2 Å². The summed E-state index contributed by atoms with van der Waals surface area (Å²) in [5.74, 6) is -0.710. The molecule has 1 aromatic carbocycles. The molecule has 0 saturated heterocycles. The second-order valence-corrected chi connectivity index (χ2v) is 6.96. The molecule has 0 aromatic heterocycles. The number of esters is 1. The van der Waals surface area contributed by atoms with E-state index in [9.17, 15) is 14.0 Å². The molecule has 144 valence electrons. The van der Waals surface area contributed by atoms with Crippen LogP contribution in [0.3, 0.4) is 0 Å². The van der Waals surface area contributed by atoms with Gasteiger partial charge in [0.15, 0.2) is 11.6 Å². The minimum atomic E-state index is -0.483. The molecule has 26 heavy (non-hydrogen) atoms. The van der Waals surface area contributed by atoms with Crippen LogP contribution in [-0.4, -0.2) is 32.1 Å². The molecule has 5 nitrogen and oxygen atoms in total. The summed E-state index contributed by atoms with van der Waals surface area (Å²) in [6.45, 7) is 2.61. The van der Waals surface area contributed by atoms with Gasteiger partial charge in [-0.2, -0.15) is 0 Å². The lowest BCUT2D eigenvalue weighted by molar-refractivity contribution is -0.146. The fourth-order valence-corrected chi connectivity index (χ4v) is 3.59. The molecule has 0 unspecified atom stereocenters. The smallest absolute Gasteiger partial charge is 0.306 e. The Morgan fingerprint density at radius 3 is 2.58 bits per heavy atom. The van der Waals surface area contributed by atoms with Crippen LogP contribution < -0.4 is 10.1 Å². The molecular formula is C20H28FNO4. The van der Waals surface area contributed by atoms with Crippen molar-refractivity contribution < 1.29 is 23.5 Å². The summed E-state index contributed by atoms with van der Waals surface area (Å²) in [6.07, 6.45) is 5.50. The van der Waals surface area contributed by atoms with Crippen molar-refractivity contribution >= 4 is 11.9 Å². The highest BCUT2D eigenvalue weighted by Crippen LogP contribution is 2.39. The number of rotatable bonds is 8. The maximum atomic E-state index is 13.7. The molecule has 0 radical (unpaired) electrons. The van der Waals surface area contributed by atoms with Crippen LogP contribution in [0.15, 0.2) is 18.2 Å².